The number of hydrogen-bond donors (Lipinski definition) is 3. The molecule has 0 saturated heterocycles. The van der Waals surface area contributed by atoms with Crippen LogP contribution in [0.15, 0.2) is 48.5 Å². The van der Waals surface area contributed by atoms with Crippen molar-refractivity contribution in [1.29, 1.82) is 0 Å². The molecule has 4 N–H and O–H groups in total. The minimum absolute atomic E-state index is 0.152. The molecule has 6 nitrogen and oxygen atoms in total. The molecule has 0 saturated carbocycles. The third-order valence-electron chi connectivity index (χ3n) is 5.92. The highest BCUT2D eigenvalue weighted by Gasteiger charge is 2.26. The topological polar surface area (TPSA) is 104 Å². The molecular weight excluding hydrogens is 427 g/mol. The van der Waals surface area contributed by atoms with Crippen LogP contribution in [0.2, 0.25) is 11.3 Å². The van der Waals surface area contributed by atoms with E-state index in [4.69, 9.17) is 37.0 Å². The summed E-state index contributed by atoms with van der Waals surface area (Å²) >= 11 is 6.05. The van der Waals surface area contributed by atoms with Gasteiger partial charge in [0.2, 0.25) is 0 Å². The summed E-state index contributed by atoms with van der Waals surface area (Å²) in [6, 6.07) is 17.6. The van der Waals surface area contributed by atoms with Gasteiger partial charge in [-0.25, -0.2) is 0 Å². The van der Waals surface area contributed by atoms with Crippen LogP contribution in [0.25, 0.3) is 0 Å². The first-order valence-electron chi connectivity index (χ1n) is 11.1. The molecule has 0 fully saturated rings. The Bertz CT molecular complexity index is 844. The highest BCUT2D eigenvalue weighted by Crippen LogP contribution is 2.26. The van der Waals surface area contributed by atoms with Crippen LogP contribution in [0.5, 0.6) is 0 Å². The summed E-state index contributed by atoms with van der Waals surface area (Å²) < 4.78 is 0. The van der Waals surface area contributed by atoms with Crippen molar-refractivity contribution in [3.8, 4) is 0 Å². The molecule has 0 aromatic heterocycles. The van der Waals surface area contributed by atoms with Crippen LogP contribution < -0.4 is 5.73 Å². The average Bonchev–Trinajstić information content (AvgIpc) is 2.77. The van der Waals surface area contributed by atoms with Crippen LogP contribution >= 0.6 is 11.6 Å². The summed E-state index contributed by atoms with van der Waals surface area (Å²) in [6.07, 6.45) is 6.38. The predicted octanol–water partition coefficient (Wildman–Crippen LogP) is 3.09. The Morgan fingerprint density at radius 1 is 1.06 bits per heavy atom. The average molecular weight is 459 g/mol. The number of rotatable bonds is 10. The fraction of sp³-hybridized carbons (Fsp3) is 0.458. The van der Waals surface area contributed by atoms with Crippen LogP contribution in [-0.4, -0.2) is 46.8 Å². The van der Waals surface area contributed by atoms with Crippen molar-refractivity contribution in [1.82, 2.24) is 4.90 Å². The van der Waals surface area contributed by atoms with Crippen molar-refractivity contribution in [2.75, 3.05) is 6.54 Å². The monoisotopic (exact) mass is 458 g/mol. The van der Waals surface area contributed by atoms with E-state index in [0.717, 1.165) is 56.6 Å². The lowest BCUT2D eigenvalue weighted by atomic mass is 9.83. The van der Waals surface area contributed by atoms with E-state index in [-0.39, 0.29) is 12.2 Å². The second-order valence-corrected chi connectivity index (χ2v) is 8.76. The van der Waals surface area contributed by atoms with Crippen molar-refractivity contribution in [3.05, 3.63) is 70.2 Å². The zero-order valence-corrected chi connectivity index (χ0v) is 19.1. The summed E-state index contributed by atoms with van der Waals surface area (Å²) in [4.78, 5) is 18.8. The first kappa shape index (κ1) is 26.3. The highest BCUT2D eigenvalue weighted by molar-refractivity contribution is 6.40. The second-order valence-electron chi connectivity index (χ2n) is 8.32. The zero-order chi connectivity index (χ0) is 23.3. The van der Waals surface area contributed by atoms with E-state index in [0.29, 0.717) is 12.4 Å². The van der Waals surface area contributed by atoms with Gasteiger partial charge in [-0.3, -0.25) is 4.90 Å². The first-order chi connectivity index (χ1) is 15.4. The fourth-order valence-electron chi connectivity index (χ4n) is 4.21. The SMILES string of the molecule is NC(CCCCB(O)O)CCN1Cc2ccccc2CC1Cc1ccc(Cl)cc1.O=C=O. The van der Waals surface area contributed by atoms with Gasteiger partial charge >= 0.3 is 13.3 Å². The molecule has 172 valence electrons. The van der Waals surface area contributed by atoms with Crippen molar-refractivity contribution in [2.24, 2.45) is 5.73 Å². The Kier molecular flexibility index (Phi) is 11.7. The number of carbonyl (C=O) groups excluding carboxylic acids is 2. The summed E-state index contributed by atoms with van der Waals surface area (Å²) in [5.41, 5.74) is 10.5. The lowest BCUT2D eigenvalue weighted by Crippen LogP contribution is -2.43. The lowest BCUT2D eigenvalue weighted by Gasteiger charge is -2.37. The van der Waals surface area contributed by atoms with Gasteiger partial charge in [0.25, 0.3) is 0 Å². The molecule has 0 aliphatic carbocycles. The van der Waals surface area contributed by atoms with E-state index in [1.165, 1.54) is 16.7 Å². The minimum Gasteiger partial charge on any atom is -0.427 e. The van der Waals surface area contributed by atoms with Gasteiger partial charge < -0.3 is 15.8 Å². The Labute approximate surface area is 195 Å². The van der Waals surface area contributed by atoms with E-state index in [2.05, 4.69) is 41.3 Å². The number of nitrogens with two attached hydrogens (primary N) is 1. The highest BCUT2D eigenvalue weighted by atomic mass is 35.5. The molecule has 1 aliphatic rings. The summed E-state index contributed by atoms with van der Waals surface area (Å²) in [7, 11) is -1.20. The van der Waals surface area contributed by atoms with E-state index < -0.39 is 7.12 Å². The largest absolute Gasteiger partial charge is 0.451 e. The van der Waals surface area contributed by atoms with E-state index in [9.17, 15) is 0 Å². The molecule has 1 heterocycles. The molecule has 0 radical (unpaired) electrons. The van der Waals surface area contributed by atoms with Crippen molar-refractivity contribution in [3.63, 3.8) is 0 Å². The zero-order valence-electron chi connectivity index (χ0n) is 18.3. The van der Waals surface area contributed by atoms with Gasteiger partial charge in [-0.2, -0.15) is 9.59 Å². The Morgan fingerprint density at radius 3 is 2.38 bits per heavy atom. The molecular formula is C24H32BClN2O4. The van der Waals surface area contributed by atoms with Crippen molar-refractivity contribution < 1.29 is 19.6 Å². The number of nitrogens with zero attached hydrogens (tertiary/aromatic N) is 1. The van der Waals surface area contributed by atoms with Gasteiger partial charge in [0.15, 0.2) is 0 Å². The molecule has 0 amide bonds. The van der Waals surface area contributed by atoms with Crippen LogP contribution in [0, 0.1) is 0 Å². The Hall–Kier alpha value is -1.99. The third-order valence-corrected chi connectivity index (χ3v) is 6.17. The normalized spacial score (nSPS) is 16.3. The van der Waals surface area contributed by atoms with E-state index in [1.54, 1.807) is 0 Å². The van der Waals surface area contributed by atoms with Crippen LogP contribution in [0.4, 0.5) is 0 Å². The van der Waals surface area contributed by atoms with Gasteiger partial charge in [-0.1, -0.05) is 60.8 Å². The smallest absolute Gasteiger partial charge is 0.427 e. The quantitative estimate of drug-likeness (QED) is 0.373. The number of fused-ring (bicyclic) bond motifs is 1. The van der Waals surface area contributed by atoms with Gasteiger partial charge in [-0.15, -0.1) is 0 Å². The van der Waals surface area contributed by atoms with Gasteiger partial charge in [0.1, 0.15) is 0 Å². The summed E-state index contributed by atoms with van der Waals surface area (Å²) in [5, 5.41) is 18.7. The van der Waals surface area contributed by atoms with Gasteiger partial charge in [0, 0.05) is 30.2 Å². The van der Waals surface area contributed by atoms with Crippen LogP contribution in [0.1, 0.15) is 42.4 Å². The number of halogens is 1. The number of hydrogen-bond acceptors (Lipinski definition) is 6. The van der Waals surface area contributed by atoms with Crippen LogP contribution in [0.3, 0.4) is 0 Å². The summed E-state index contributed by atoms with van der Waals surface area (Å²) in [6.45, 7) is 1.95. The van der Waals surface area contributed by atoms with E-state index in [1.807, 2.05) is 12.1 Å². The predicted molar refractivity (Wildman–Crippen MR) is 126 cm³/mol. The number of unbranched alkanes of at least 4 members (excludes halogenated alkanes) is 1. The summed E-state index contributed by atoms with van der Waals surface area (Å²) in [5.74, 6) is 0. The Balaban J connectivity index is 0.00000114. The molecule has 2 aromatic rings. The maximum atomic E-state index is 8.95. The molecule has 0 spiro atoms. The molecule has 1 aliphatic heterocycles. The molecule has 2 aromatic carbocycles. The molecule has 3 rings (SSSR count). The maximum Gasteiger partial charge on any atom is 0.451 e. The molecule has 8 heteroatoms. The first-order valence-corrected chi connectivity index (χ1v) is 11.5. The van der Waals surface area contributed by atoms with E-state index >= 15 is 0 Å². The number of benzene rings is 2. The fourth-order valence-corrected chi connectivity index (χ4v) is 4.33. The van der Waals surface area contributed by atoms with Crippen LogP contribution in [-0.2, 0) is 29.0 Å². The standard InChI is InChI=1S/C23H32BClN2O2.CO2/c25-21-10-8-18(9-11-21)15-23-16-19-5-1-2-6-20(19)17-27(23)14-12-22(26)7-3-4-13-24(28)29;2-1-3/h1-2,5-6,8-11,22-23,28-29H,3-4,7,12-17,26H2;. The van der Waals surface area contributed by atoms with Crippen molar-refractivity contribution in [2.45, 2.75) is 63.5 Å². The molecule has 2 atom stereocenters. The minimum atomic E-state index is -1.20. The molecule has 32 heavy (non-hydrogen) atoms. The molecule has 0 bridgehead atoms. The second kappa shape index (κ2) is 14.2. The van der Waals surface area contributed by atoms with Gasteiger partial charge in [-0.05, 0) is 60.8 Å². The molecule has 2 unspecified atom stereocenters. The van der Waals surface area contributed by atoms with Gasteiger partial charge in [0.05, 0.1) is 0 Å². The third kappa shape index (κ3) is 9.25. The maximum absolute atomic E-state index is 8.95. The Morgan fingerprint density at radius 2 is 1.72 bits per heavy atom. The lowest BCUT2D eigenvalue weighted by molar-refractivity contribution is -0.191. The van der Waals surface area contributed by atoms with Crippen molar-refractivity contribution >= 4 is 24.9 Å².